The summed E-state index contributed by atoms with van der Waals surface area (Å²) < 4.78 is 28.1. The normalized spacial score (nSPS) is 16.3. The number of hydrogen-bond donors (Lipinski definition) is 0. The summed E-state index contributed by atoms with van der Waals surface area (Å²) in [6.45, 7) is 36.5. The van der Waals surface area contributed by atoms with E-state index in [-0.39, 0.29) is 39.2 Å². The number of nitrogens with zero attached hydrogens (tertiary/aromatic N) is 3. The molecule has 0 amide bonds. The minimum absolute atomic E-state index is 0.0145. The minimum atomic E-state index is -2.43. The van der Waals surface area contributed by atoms with Gasteiger partial charge in [0.05, 0.1) is 5.69 Å². The molecule has 0 saturated carbocycles. The predicted octanol–water partition coefficient (Wildman–Crippen LogP) is 19.1. The number of aryl methyl sites for hydroxylation is 2. The van der Waals surface area contributed by atoms with E-state index in [9.17, 15) is 4.11 Å². The molecular weight excluding hydrogens is 942 g/mol. The van der Waals surface area contributed by atoms with Gasteiger partial charge in [0.2, 0.25) is 0 Å². The fourth-order valence-electron chi connectivity index (χ4n) is 12.8. The van der Waals surface area contributed by atoms with E-state index in [2.05, 4.69) is 278 Å². The Labute approximate surface area is 474 Å². The lowest BCUT2D eigenvalue weighted by atomic mass is 9.33. The molecule has 0 spiro atoms. The third kappa shape index (κ3) is 9.19. The quantitative estimate of drug-likeness (QED) is 0.154. The minimum Gasteiger partial charge on any atom is -0.311 e. The van der Waals surface area contributed by atoms with Gasteiger partial charge in [0.25, 0.3) is 6.71 Å². The van der Waals surface area contributed by atoms with Crippen LogP contribution in [-0.2, 0) is 32.5 Å². The Bertz CT molecular complexity index is 3690. The first-order chi connectivity index (χ1) is 37.7. The third-order valence-corrected chi connectivity index (χ3v) is 17.8. The molecule has 11 rings (SSSR count). The summed E-state index contributed by atoms with van der Waals surface area (Å²) in [5, 5.41) is 0. The van der Waals surface area contributed by atoms with Crippen molar-refractivity contribution in [2.24, 2.45) is 0 Å². The Balaban J connectivity index is 1.27. The second-order valence-electron chi connectivity index (χ2n) is 28.5. The molecule has 0 atom stereocenters. The van der Waals surface area contributed by atoms with Crippen molar-refractivity contribution in [3.05, 3.63) is 202 Å². The summed E-state index contributed by atoms with van der Waals surface area (Å²) in [4.78, 5) is 7.28. The highest BCUT2D eigenvalue weighted by molar-refractivity contribution is 7.00. The molecule has 2 aliphatic heterocycles. The molecular formula is C74H84BN3. The summed E-state index contributed by atoms with van der Waals surface area (Å²) in [5.74, 6) is 0. The van der Waals surface area contributed by atoms with Crippen molar-refractivity contribution in [2.45, 2.75) is 170 Å². The van der Waals surface area contributed by atoms with E-state index in [0.29, 0.717) is 5.56 Å². The van der Waals surface area contributed by atoms with Crippen LogP contribution >= 0.6 is 0 Å². The first-order valence-electron chi connectivity index (χ1n) is 30.2. The number of benzene rings is 8. The van der Waals surface area contributed by atoms with E-state index >= 15 is 0 Å². The lowest BCUT2D eigenvalue weighted by Crippen LogP contribution is -2.62. The van der Waals surface area contributed by atoms with Crippen LogP contribution in [0.25, 0.3) is 11.1 Å². The zero-order valence-corrected chi connectivity index (χ0v) is 49.8. The zero-order chi connectivity index (χ0) is 58.3. The maximum atomic E-state index is 9.37. The smallest absolute Gasteiger partial charge is 0.252 e. The third-order valence-electron chi connectivity index (χ3n) is 17.8. The van der Waals surface area contributed by atoms with Gasteiger partial charge < -0.3 is 14.7 Å². The first kappa shape index (κ1) is 49.5. The average molecular weight is 1030 g/mol. The van der Waals surface area contributed by atoms with E-state index in [0.717, 1.165) is 86.2 Å². The number of anilines is 9. The Morgan fingerprint density at radius 2 is 0.897 bits per heavy atom. The predicted molar refractivity (Wildman–Crippen MR) is 340 cm³/mol. The molecule has 0 fully saturated rings. The van der Waals surface area contributed by atoms with E-state index in [1.54, 1.807) is 0 Å². The standard InChI is InChI=1S/C74H84BN3/c1-47-40-66-68-67(41-47)78(63-37-29-53(72(12,13)14)43-57(63)49-22-20-19-21-23-49)65-46-59-58(73(15,16)38-39-74(59,17)18)45-61(65)75(68)60-35-34-56(44-64(60)77(66)62-36-28-52(42-48(62)2)71(9,10)11)76(54-30-24-50(25-31-54)69(3,4)5)55-32-26-51(27-33-55)70(6,7)8/h19-37,40-46H,38-39H2,1-18H3/i1D3. The Kier molecular flexibility index (Phi) is 11.7. The van der Waals surface area contributed by atoms with Crippen molar-refractivity contribution in [1.82, 2.24) is 0 Å². The molecule has 8 aromatic carbocycles. The summed E-state index contributed by atoms with van der Waals surface area (Å²) in [7, 11) is 0. The summed E-state index contributed by atoms with van der Waals surface area (Å²) in [6.07, 6.45) is 2.15. The van der Waals surface area contributed by atoms with Crippen molar-refractivity contribution < 1.29 is 4.11 Å². The highest BCUT2D eigenvalue weighted by atomic mass is 15.2. The van der Waals surface area contributed by atoms with Crippen molar-refractivity contribution in [3.63, 3.8) is 0 Å². The highest BCUT2D eigenvalue weighted by Gasteiger charge is 2.47. The van der Waals surface area contributed by atoms with Gasteiger partial charge in [-0.3, -0.25) is 0 Å². The van der Waals surface area contributed by atoms with Crippen LogP contribution in [0.4, 0.5) is 51.2 Å². The van der Waals surface area contributed by atoms with Crippen LogP contribution in [0.2, 0.25) is 0 Å². The van der Waals surface area contributed by atoms with Gasteiger partial charge in [0.15, 0.2) is 0 Å². The van der Waals surface area contributed by atoms with E-state index in [1.165, 1.54) is 44.3 Å². The maximum absolute atomic E-state index is 9.37. The molecule has 0 bridgehead atoms. The SMILES string of the molecule is [2H]C([2H])([2H])c1cc2c3c(c1)N(c1ccc(C(C)(C)C)cc1-c1ccccc1)c1cc4c(cc1B3c1ccc(N(c3ccc(C(C)(C)C)cc3)c3ccc(C(C)(C)C)cc3)cc1N2c1ccc(C(C)(C)C)cc1C)C(C)(C)CCC4(C)C. The Morgan fingerprint density at radius 3 is 1.41 bits per heavy atom. The monoisotopic (exact) mass is 1030 g/mol. The van der Waals surface area contributed by atoms with Gasteiger partial charge in [-0.1, -0.05) is 196 Å². The van der Waals surface area contributed by atoms with Crippen LogP contribution in [0.15, 0.2) is 158 Å². The summed E-state index contributed by atoms with van der Waals surface area (Å²) in [6, 6.07) is 59.1. The number of hydrogen-bond acceptors (Lipinski definition) is 3. The molecule has 0 saturated heterocycles. The highest BCUT2D eigenvalue weighted by Crippen LogP contribution is 2.53. The van der Waals surface area contributed by atoms with Gasteiger partial charge in [-0.05, 0) is 198 Å². The molecule has 398 valence electrons. The van der Waals surface area contributed by atoms with Crippen LogP contribution in [0.1, 0.15) is 172 Å². The van der Waals surface area contributed by atoms with E-state index in [4.69, 9.17) is 0 Å². The first-order valence-corrected chi connectivity index (χ1v) is 28.7. The second kappa shape index (κ2) is 18.4. The van der Waals surface area contributed by atoms with Crippen LogP contribution in [0.5, 0.6) is 0 Å². The lowest BCUT2D eigenvalue weighted by Gasteiger charge is -2.48. The van der Waals surface area contributed by atoms with E-state index < -0.39 is 6.85 Å². The van der Waals surface area contributed by atoms with Crippen molar-refractivity contribution >= 4 is 74.3 Å². The largest absolute Gasteiger partial charge is 0.311 e. The van der Waals surface area contributed by atoms with Crippen molar-refractivity contribution in [1.29, 1.82) is 0 Å². The molecule has 3 aliphatic rings. The summed E-state index contributed by atoms with van der Waals surface area (Å²) >= 11 is 0. The molecule has 78 heavy (non-hydrogen) atoms. The topological polar surface area (TPSA) is 9.72 Å². The van der Waals surface area contributed by atoms with Gasteiger partial charge >= 0.3 is 0 Å². The van der Waals surface area contributed by atoms with Crippen LogP contribution < -0.4 is 31.1 Å². The van der Waals surface area contributed by atoms with Crippen molar-refractivity contribution in [3.8, 4) is 11.1 Å². The Hall–Kier alpha value is -6.78. The van der Waals surface area contributed by atoms with E-state index in [1.807, 2.05) is 12.1 Å². The summed E-state index contributed by atoms with van der Waals surface area (Å²) in [5.41, 5.74) is 23.6. The number of fused-ring (bicyclic) bond motifs is 5. The van der Waals surface area contributed by atoms with Crippen LogP contribution in [-0.4, -0.2) is 6.71 Å². The molecule has 3 nitrogen and oxygen atoms in total. The molecule has 0 N–H and O–H groups in total. The Morgan fingerprint density at radius 1 is 0.436 bits per heavy atom. The van der Waals surface area contributed by atoms with Gasteiger partial charge in [-0.25, -0.2) is 0 Å². The van der Waals surface area contributed by atoms with Gasteiger partial charge in [0, 0.05) is 55.2 Å². The lowest BCUT2D eigenvalue weighted by molar-refractivity contribution is 0.332. The maximum Gasteiger partial charge on any atom is 0.252 e. The molecule has 0 unspecified atom stereocenters. The second-order valence-corrected chi connectivity index (χ2v) is 28.5. The van der Waals surface area contributed by atoms with Crippen molar-refractivity contribution in [2.75, 3.05) is 14.7 Å². The van der Waals surface area contributed by atoms with Gasteiger partial charge in [-0.2, -0.15) is 0 Å². The van der Waals surface area contributed by atoms with Gasteiger partial charge in [-0.15, -0.1) is 0 Å². The molecule has 1 aliphatic carbocycles. The molecule has 2 heterocycles. The zero-order valence-electron chi connectivity index (χ0n) is 52.8. The molecule has 0 aromatic heterocycles. The van der Waals surface area contributed by atoms with Crippen LogP contribution in [0.3, 0.4) is 0 Å². The average Bonchev–Trinajstić information content (AvgIpc) is 3.43. The van der Waals surface area contributed by atoms with Crippen LogP contribution in [0, 0.1) is 13.8 Å². The fourth-order valence-corrected chi connectivity index (χ4v) is 12.8. The molecule has 8 aromatic rings. The molecule has 4 heteroatoms. The number of rotatable bonds is 6. The van der Waals surface area contributed by atoms with Gasteiger partial charge in [0.1, 0.15) is 0 Å². The fraction of sp³-hybridized carbons (Fsp3) is 0.351. The molecule has 0 radical (unpaired) electrons.